The molecule has 316 valence electrons. The molecule has 65 heavy (non-hydrogen) atoms. The highest BCUT2D eigenvalue weighted by Crippen LogP contribution is 2.58. The van der Waals surface area contributed by atoms with Crippen molar-refractivity contribution in [3.05, 3.63) is 263 Å². The molecule has 2 heteroatoms. The van der Waals surface area contributed by atoms with Crippen LogP contribution >= 0.6 is 0 Å². The average molecular weight is 840 g/mol. The van der Waals surface area contributed by atoms with E-state index in [-0.39, 0.29) is 5.41 Å². The van der Waals surface area contributed by atoms with Crippen LogP contribution in [0.25, 0.3) is 33.4 Å². The first-order valence-electron chi connectivity index (χ1n) is 23.2. The normalized spacial score (nSPS) is 15.6. The van der Waals surface area contributed by atoms with Crippen molar-refractivity contribution in [2.75, 3.05) is 4.90 Å². The Bertz CT molecular complexity index is 3150. The highest BCUT2D eigenvalue weighted by molar-refractivity contribution is 5.91. The molecule has 2 atom stereocenters. The molecule has 11 rings (SSSR count). The van der Waals surface area contributed by atoms with Gasteiger partial charge >= 0.3 is 0 Å². The van der Waals surface area contributed by atoms with Crippen molar-refractivity contribution in [3.63, 3.8) is 0 Å². The van der Waals surface area contributed by atoms with E-state index in [1.807, 2.05) is 0 Å². The summed E-state index contributed by atoms with van der Waals surface area (Å²) in [6.45, 7) is 9.77. The maximum Gasteiger partial charge on any atom is 0.119 e. The fourth-order valence-corrected chi connectivity index (χ4v) is 10.7. The summed E-state index contributed by atoms with van der Waals surface area (Å²) < 4.78 is 6.46. The fourth-order valence-electron chi connectivity index (χ4n) is 10.7. The van der Waals surface area contributed by atoms with E-state index in [0.717, 1.165) is 29.2 Å². The van der Waals surface area contributed by atoms with Crippen LogP contribution in [0.2, 0.25) is 0 Å². The summed E-state index contributed by atoms with van der Waals surface area (Å²) in [6.07, 6.45) is 1.13. The number of anilines is 3. The van der Waals surface area contributed by atoms with Gasteiger partial charge in [0, 0.05) is 22.5 Å². The molecule has 0 amide bonds. The molecule has 2 nitrogen and oxygen atoms in total. The molecular formula is C63H53NO. The number of benzene rings is 9. The van der Waals surface area contributed by atoms with Gasteiger partial charge in [0.05, 0.1) is 5.41 Å². The fraction of sp³-hybridized carbons (Fsp3) is 0.143. The smallest absolute Gasteiger partial charge is 0.119 e. The molecule has 0 saturated carbocycles. The molecule has 0 saturated heterocycles. The van der Waals surface area contributed by atoms with Crippen LogP contribution in [0.15, 0.2) is 218 Å². The first-order chi connectivity index (χ1) is 31.8. The van der Waals surface area contributed by atoms with E-state index in [4.69, 9.17) is 4.74 Å². The van der Waals surface area contributed by atoms with Crippen LogP contribution in [-0.2, 0) is 17.4 Å². The second kappa shape index (κ2) is 16.3. The monoisotopic (exact) mass is 839 g/mol. The predicted octanol–water partition coefficient (Wildman–Crippen LogP) is 16.6. The third kappa shape index (κ3) is 6.79. The molecule has 0 heterocycles. The molecule has 0 aromatic heterocycles. The summed E-state index contributed by atoms with van der Waals surface area (Å²) in [5.41, 5.74) is 20.4. The lowest BCUT2D eigenvalue weighted by Gasteiger charge is -2.35. The Morgan fingerprint density at radius 1 is 0.446 bits per heavy atom. The molecule has 0 fully saturated rings. The van der Waals surface area contributed by atoms with Crippen LogP contribution in [-0.4, -0.2) is 0 Å². The van der Waals surface area contributed by atoms with Crippen molar-refractivity contribution in [3.8, 4) is 39.1 Å². The van der Waals surface area contributed by atoms with E-state index in [0.29, 0.717) is 12.5 Å². The van der Waals surface area contributed by atoms with E-state index in [1.165, 1.54) is 77.9 Å². The Morgan fingerprint density at radius 3 is 1.62 bits per heavy atom. The lowest BCUT2D eigenvalue weighted by molar-refractivity contribution is 0.306. The van der Waals surface area contributed by atoms with Crippen LogP contribution in [0, 0.1) is 0 Å². The lowest BCUT2D eigenvalue weighted by Crippen LogP contribution is -2.28. The minimum Gasteiger partial charge on any atom is -0.489 e. The van der Waals surface area contributed by atoms with Crippen molar-refractivity contribution < 1.29 is 4.74 Å². The van der Waals surface area contributed by atoms with Gasteiger partial charge < -0.3 is 9.64 Å². The van der Waals surface area contributed by atoms with E-state index in [1.54, 1.807) is 0 Å². The van der Waals surface area contributed by atoms with Crippen molar-refractivity contribution >= 4 is 17.1 Å². The number of rotatable bonds is 11. The van der Waals surface area contributed by atoms with Gasteiger partial charge in [0.15, 0.2) is 0 Å². The third-order valence-corrected chi connectivity index (χ3v) is 14.4. The van der Waals surface area contributed by atoms with Crippen molar-refractivity contribution in [1.29, 1.82) is 0 Å². The highest BCUT2D eigenvalue weighted by Gasteiger charge is 2.46. The molecule has 2 aliphatic carbocycles. The van der Waals surface area contributed by atoms with Crippen LogP contribution in [0.3, 0.4) is 0 Å². The summed E-state index contributed by atoms with van der Waals surface area (Å²) in [4.78, 5) is 2.46. The van der Waals surface area contributed by atoms with Gasteiger partial charge in [0.2, 0.25) is 0 Å². The Hall–Kier alpha value is -7.42. The summed E-state index contributed by atoms with van der Waals surface area (Å²) in [5, 5.41) is 0. The first kappa shape index (κ1) is 40.4. The summed E-state index contributed by atoms with van der Waals surface area (Å²) >= 11 is 0. The molecule has 2 unspecified atom stereocenters. The van der Waals surface area contributed by atoms with E-state index in [2.05, 4.69) is 251 Å². The third-order valence-electron chi connectivity index (χ3n) is 14.4. The molecule has 9 aromatic rings. The minimum absolute atomic E-state index is 0.138. The topological polar surface area (TPSA) is 12.5 Å². The highest BCUT2D eigenvalue weighted by atomic mass is 16.5. The van der Waals surface area contributed by atoms with Crippen LogP contribution in [0.4, 0.5) is 17.1 Å². The lowest BCUT2D eigenvalue weighted by atomic mass is 9.67. The van der Waals surface area contributed by atoms with E-state index >= 15 is 0 Å². The van der Waals surface area contributed by atoms with E-state index in [9.17, 15) is 0 Å². The predicted molar refractivity (Wildman–Crippen MR) is 271 cm³/mol. The molecule has 0 spiro atoms. The van der Waals surface area contributed by atoms with Gasteiger partial charge in [-0.05, 0) is 139 Å². The van der Waals surface area contributed by atoms with Gasteiger partial charge in [-0.1, -0.05) is 198 Å². The number of fused-ring (bicyclic) bond motifs is 6. The molecule has 0 radical (unpaired) electrons. The molecule has 0 N–H and O–H groups in total. The van der Waals surface area contributed by atoms with Crippen molar-refractivity contribution in [1.82, 2.24) is 0 Å². The number of ether oxygens (including phenoxy) is 1. The first-order valence-corrected chi connectivity index (χ1v) is 23.2. The molecular weight excluding hydrogens is 787 g/mol. The zero-order chi connectivity index (χ0) is 44.1. The quantitative estimate of drug-likeness (QED) is 0.129. The second-order valence-corrected chi connectivity index (χ2v) is 18.4. The zero-order valence-electron chi connectivity index (χ0n) is 37.6. The maximum absolute atomic E-state index is 6.46. The summed E-state index contributed by atoms with van der Waals surface area (Å²) in [6, 6.07) is 80.7. The largest absolute Gasteiger partial charge is 0.489 e. The van der Waals surface area contributed by atoms with Crippen molar-refractivity contribution in [2.24, 2.45) is 0 Å². The molecule has 9 aromatic carbocycles. The van der Waals surface area contributed by atoms with E-state index < -0.39 is 5.41 Å². The van der Waals surface area contributed by atoms with Crippen LogP contribution < -0.4 is 9.64 Å². The average Bonchev–Trinajstić information content (AvgIpc) is 3.79. The minimum atomic E-state index is -0.585. The zero-order valence-corrected chi connectivity index (χ0v) is 37.6. The Kier molecular flexibility index (Phi) is 10.1. The van der Waals surface area contributed by atoms with Gasteiger partial charge in [-0.25, -0.2) is 0 Å². The van der Waals surface area contributed by atoms with Crippen LogP contribution in [0.1, 0.15) is 84.5 Å². The molecule has 0 bridgehead atoms. The SMILES string of the molecule is CCC(C)c1ccc(COc2ccc(C3(c4ccccc4)c4ccccc4-c4ccc(N(c5ccc(-c6ccccc6)cc5)c5ccc6c(c5)C(C)(C)c5ccccc5-6)cc43)cc2)cc1. The Morgan fingerprint density at radius 2 is 0.954 bits per heavy atom. The summed E-state index contributed by atoms with van der Waals surface area (Å²) in [7, 11) is 0. The van der Waals surface area contributed by atoms with Crippen LogP contribution in [0.5, 0.6) is 5.75 Å². The maximum atomic E-state index is 6.46. The van der Waals surface area contributed by atoms with Gasteiger partial charge in [-0.15, -0.1) is 0 Å². The second-order valence-electron chi connectivity index (χ2n) is 18.4. The Balaban J connectivity index is 1.05. The Labute approximate surface area is 384 Å². The number of nitrogens with zero attached hydrogens (tertiary/aromatic N) is 1. The van der Waals surface area contributed by atoms with Gasteiger partial charge in [-0.2, -0.15) is 0 Å². The standard InChI is InChI=1S/C63H53NO/c1-5-43(2)45-26-24-44(25-27-45)42-65-53-36-30-49(31-37-53)63(48-18-10-7-11-19-48)59-23-15-13-21-55(59)57-39-35-52(41-61(57)63)64(50-32-28-47(29-33-50)46-16-8-6-9-17-46)51-34-38-56-54-20-12-14-22-58(54)62(3,4)60(56)40-51/h6-41,43H,5,42H2,1-4H3. The van der Waals surface area contributed by atoms with Gasteiger partial charge in [0.25, 0.3) is 0 Å². The summed E-state index contributed by atoms with van der Waals surface area (Å²) in [5.74, 6) is 1.41. The van der Waals surface area contributed by atoms with Gasteiger partial charge in [-0.3, -0.25) is 0 Å². The number of hydrogen-bond donors (Lipinski definition) is 0. The van der Waals surface area contributed by atoms with Crippen molar-refractivity contribution in [2.45, 2.75) is 57.5 Å². The molecule has 2 aliphatic rings. The van der Waals surface area contributed by atoms with Gasteiger partial charge in [0.1, 0.15) is 12.4 Å². The number of hydrogen-bond acceptors (Lipinski definition) is 2. The molecule has 0 aliphatic heterocycles.